The molecule has 0 spiro atoms. The predicted octanol–water partition coefficient (Wildman–Crippen LogP) is 3.75. The Morgan fingerprint density at radius 1 is 1.33 bits per heavy atom. The molecule has 0 aliphatic carbocycles. The van der Waals surface area contributed by atoms with Gasteiger partial charge in [-0.15, -0.1) is 0 Å². The molecule has 1 N–H and O–H groups in total. The van der Waals surface area contributed by atoms with Crippen molar-refractivity contribution < 1.29 is 9.53 Å². The third-order valence-corrected chi connectivity index (χ3v) is 2.94. The largest absolute Gasteiger partial charge is 0.444 e. The number of hydrogen-bond acceptors (Lipinski definition) is 2. The molecule has 0 aliphatic heterocycles. The van der Waals surface area contributed by atoms with Crippen LogP contribution in [0.3, 0.4) is 0 Å². The SMILES string of the molecule is C[C@H](Cc1ccc(I)cc1)NC(=O)OC(C)(C)C. The van der Waals surface area contributed by atoms with Crippen LogP contribution in [0.1, 0.15) is 33.3 Å². The first-order chi connectivity index (χ1) is 8.26. The van der Waals surface area contributed by atoms with Gasteiger partial charge in [-0.1, -0.05) is 12.1 Å². The van der Waals surface area contributed by atoms with E-state index < -0.39 is 5.60 Å². The van der Waals surface area contributed by atoms with Crippen LogP contribution in [0, 0.1) is 3.57 Å². The third kappa shape index (κ3) is 6.23. The van der Waals surface area contributed by atoms with Crippen LogP contribution in [0.15, 0.2) is 24.3 Å². The van der Waals surface area contributed by atoms with E-state index in [9.17, 15) is 4.79 Å². The van der Waals surface area contributed by atoms with Crippen LogP contribution in [-0.4, -0.2) is 17.7 Å². The van der Waals surface area contributed by atoms with Gasteiger partial charge in [0.2, 0.25) is 0 Å². The molecule has 1 rings (SSSR count). The maximum atomic E-state index is 11.6. The normalized spacial score (nSPS) is 12.9. The van der Waals surface area contributed by atoms with Crippen molar-refractivity contribution in [1.29, 1.82) is 0 Å². The van der Waals surface area contributed by atoms with Crippen molar-refractivity contribution in [2.75, 3.05) is 0 Å². The second-order valence-electron chi connectivity index (χ2n) is 5.38. The number of carbonyl (C=O) groups excluding carboxylic acids is 1. The average Bonchev–Trinajstić information content (AvgIpc) is 2.18. The molecule has 3 nitrogen and oxygen atoms in total. The summed E-state index contributed by atoms with van der Waals surface area (Å²) in [5.41, 5.74) is 0.756. The summed E-state index contributed by atoms with van der Waals surface area (Å²) in [6.07, 6.45) is 0.441. The van der Waals surface area contributed by atoms with Gasteiger partial charge in [-0.05, 0) is 74.4 Å². The van der Waals surface area contributed by atoms with E-state index in [1.165, 1.54) is 9.13 Å². The zero-order valence-electron chi connectivity index (χ0n) is 11.3. The fourth-order valence-electron chi connectivity index (χ4n) is 1.53. The lowest BCUT2D eigenvalue weighted by molar-refractivity contribution is 0.0508. The molecule has 0 saturated heterocycles. The molecule has 1 atom stereocenters. The number of hydrogen-bond donors (Lipinski definition) is 1. The molecular formula is C14H20INO2. The van der Waals surface area contributed by atoms with Gasteiger partial charge in [0, 0.05) is 9.61 Å². The van der Waals surface area contributed by atoms with Gasteiger partial charge in [0.1, 0.15) is 5.60 Å². The molecule has 0 aromatic heterocycles. The van der Waals surface area contributed by atoms with E-state index in [0.717, 1.165) is 6.42 Å². The number of amides is 1. The predicted molar refractivity (Wildman–Crippen MR) is 81.7 cm³/mol. The molecule has 0 unspecified atom stereocenters. The minimum Gasteiger partial charge on any atom is -0.444 e. The fraction of sp³-hybridized carbons (Fsp3) is 0.500. The second kappa shape index (κ2) is 6.41. The summed E-state index contributed by atoms with van der Waals surface area (Å²) in [7, 11) is 0. The van der Waals surface area contributed by atoms with E-state index in [0.29, 0.717) is 0 Å². The quantitative estimate of drug-likeness (QED) is 0.833. The van der Waals surface area contributed by atoms with Gasteiger partial charge in [0.15, 0.2) is 0 Å². The Morgan fingerprint density at radius 2 is 1.89 bits per heavy atom. The summed E-state index contributed by atoms with van der Waals surface area (Å²) >= 11 is 2.28. The summed E-state index contributed by atoms with van der Waals surface area (Å²) < 4.78 is 6.43. The number of benzene rings is 1. The molecule has 18 heavy (non-hydrogen) atoms. The number of halogens is 1. The Balaban J connectivity index is 2.44. The minimum absolute atomic E-state index is 0.0555. The first kappa shape index (κ1) is 15.3. The van der Waals surface area contributed by atoms with E-state index in [1.54, 1.807) is 0 Å². The van der Waals surface area contributed by atoms with Crippen molar-refractivity contribution in [3.05, 3.63) is 33.4 Å². The number of carbonyl (C=O) groups is 1. The third-order valence-electron chi connectivity index (χ3n) is 2.22. The minimum atomic E-state index is -0.452. The van der Waals surface area contributed by atoms with Crippen LogP contribution in [0.25, 0.3) is 0 Å². The van der Waals surface area contributed by atoms with Crippen molar-refractivity contribution >= 4 is 28.7 Å². The Bertz CT molecular complexity index is 395. The topological polar surface area (TPSA) is 38.3 Å². The van der Waals surface area contributed by atoms with Crippen LogP contribution in [0.2, 0.25) is 0 Å². The van der Waals surface area contributed by atoms with Gasteiger partial charge in [-0.2, -0.15) is 0 Å². The molecule has 0 heterocycles. The Labute approximate surface area is 122 Å². The van der Waals surface area contributed by atoms with Gasteiger partial charge in [0.05, 0.1) is 0 Å². The first-order valence-corrected chi connectivity index (χ1v) is 7.08. The van der Waals surface area contributed by atoms with Gasteiger partial charge >= 0.3 is 6.09 Å². The molecule has 0 bridgehead atoms. The number of alkyl carbamates (subject to hydrolysis) is 1. The second-order valence-corrected chi connectivity index (χ2v) is 6.62. The standard InChI is InChI=1S/C14H20INO2/c1-10(16-13(17)18-14(2,3)4)9-11-5-7-12(15)8-6-11/h5-8,10H,9H2,1-4H3,(H,16,17)/t10-/m1/s1. The Hall–Kier alpha value is -0.780. The van der Waals surface area contributed by atoms with Gasteiger partial charge in [-0.3, -0.25) is 0 Å². The number of nitrogens with one attached hydrogen (secondary N) is 1. The molecule has 1 amide bonds. The summed E-state index contributed by atoms with van der Waals surface area (Å²) in [6, 6.07) is 8.34. The molecule has 100 valence electrons. The van der Waals surface area contributed by atoms with Crippen LogP contribution in [0.4, 0.5) is 4.79 Å². The van der Waals surface area contributed by atoms with Gasteiger partial charge < -0.3 is 10.1 Å². The molecule has 1 aromatic rings. The van der Waals surface area contributed by atoms with Crippen molar-refractivity contribution in [1.82, 2.24) is 5.32 Å². The van der Waals surface area contributed by atoms with Crippen molar-refractivity contribution in [2.45, 2.75) is 45.8 Å². The highest BCUT2D eigenvalue weighted by atomic mass is 127. The van der Waals surface area contributed by atoms with Crippen LogP contribution >= 0.6 is 22.6 Å². The summed E-state index contributed by atoms with van der Waals surface area (Å²) in [5.74, 6) is 0. The molecule has 0 radical (unpaired) electrons. The van der Waals surface area contributed by atoms with Crippen molar-refractivity contribution in [2.24, 2.45) is 0 Å². The maximum Gasteiger partial charge on any atom is 0.407 e. The molecule has 4 heteroatoms. The highest BCUT2D eigenvalue weighted by molar-refractivity contribution is 14.1. The highest BCUT2D eigenvalue weighted by Gasteiger charge is 2.17. The molecular weight excluding hydrogens is 341 g/mol. The van der Waals surface area contributed by atoms with E-state index >= 15 is 0 Å². The molecule has 0 fully saturated rings. The van der Waals surface area contributed by atoms with E-state index in [4.69, 9.17) is 4.74 Å². The van der Waals surface area contributed by atoms with E-state index in [1.807, 2.05) is 27.7 Å². The van der Waals surface area contributed by atoms with Crippen molar-refractivity contribution in [3.8, 4) is 0 Å². The first-order valence-electron chi connectivity index (χ1n) is 6.00. The molecule has 0 aliphatic rings. The van der Waals surface area contributed by atoms with E-state index in [-0.39, 0.29) is 12.1 Å². The monoisotopic (exact) mass is 361 g/mol. The summed E-state index contributed by atoms with van der Waals surface area (Å²) in [4.78, 5) is 11.6. The van der Waals surface area contributed by atoms with Crippen LogP contribution in [0.5, 0.6) is 0 Å². The van der Waals surface area contributed by atoms with Crippen molar-refractivity contribution in [3.63, 3.8) is 0 Å². The summed E-state index contributed by atoms with van der Waals surface area (Å²) in [5, 5.41) is 2.84. The molecule has 0 saturated carbocycles. The zero-order valence-corrected chi connectivity index (χ0v) is 13.4. The highest BCUT2D eigenvalue weighted by Crippen LogP contribution is 2.10. The lowest BCUT2D eigenvalue weighted by Crippen LogP contribution is -2.38. The number of rotatable bonds is 3. The average molecular weight is 361 g/mol. The molecule has 1 aromatic carbocycles. The van der Waals surface area contributed by atoms with Crippen LogP contribution in [-0.2, 0) is 11.2 Å². The smallest absolute Gasteiger partial charge is 0.407 e. The summed E-state index contributed by atoms with van der Waals surface area (Å²) in [6.45, 7) is 7.55. The van der Waals surface area contributed by atoms with Crippen LogP contribution < -0.4 is 5.32 Å². The Morgan fingerprint density at radius 3 is 2.39 bits per heavy atom. The lowest BCUT2D eigenvalue weighted by Gasteiger charge is -2.22. The zero-order chi connectivity index (χ0) is 13.8. The lowest BCUT2D eigenvalue weighted by atomic mass is 10.1. The van der Waals surface area contributed by atoms with E-state index in [2.05, 4.69) is 52.2 Å². The Kier molecular flexibility index (Phi) is 5.44. The fourth-order valence-corrected chi connectivity index (χ4v) is 1.89. The number of ether oxygens (including phenoxy) is 1. The van der Waals surface area contributed by atoms with Gasteiger partial charge in [-0.25, -0.2) is 4.79 Å². The maximum absolute atomic E-state index is 11.6. The van der Waals surface area contributed by atoms with Gasteiger partial charge in [0.25, 0.3) is 0 Å².